The van der Waals surface area contributed by atoms with Crippen LogP contribution in [0.3, 0.4) is 0 Å². The van der Waals surface area contributed by atoms with Crippen molar-refractivity contribution in [2.45, 2.75) is 46.0 Å². The summed E-state index contributed by atoms with van der Waals surface area (Å²) >= 11 is 0. The van der Waals surface area contributed by atoms with Crippen LogP contribution < -0.4 is 0 Å². The summed E-state index contributed by atoms with van der Waals surface area (Å²) in [4.78, 5) is 12.0. The van der Waals surface area contributed by atoms with Gasteiger partial charge < -0.3 is 0 Å². The highest BCUT2D eigenvalue weighted by Gasteiger charge is 2.55. The predicted octanol–water partition coefficient (Wildman–Crippen LogP) is 3.59. The maximum Gasteiger partial charge on any atom is 0.136 e. The molecule has 3 rings (SSSR count). The molecule has 0 amide bonds. The van der Waals surface area contributed by atoms with Gasteiger partial charge >= 0.3 is 0 Å². The molecule has 2 bridgehead atoms. The van der Waals surface area contributed by atoms with Crippen LogP contribution in [0.15, 0.2) is 12.7 Å². The van der Waals surface area contributed by atoms with Gasteiger partial charge in [0.05, 0.1) is 0 Å². The van der Waals surface area contributed by atoms with Crippen molar-refractivity contribution >= 4 is 5.78 Å². The number of rotatable bonds is 4. The van der Waals surface area contributed by atoms with E-state index in [2.05, 4.69) is 20.4 Å². The van der Waals surface area contributed by atoms with Gasteiger partial charge in [0.15, 0.2) is 0 Å². The molecule has 3 aliphatic carbocycles. The number of allylic oxidation sites excluding steroid dienone is 1. The van der Waals surface area contributed by atoms with Crippen LogP contribution in [0.4, 0.5) is 0 Å². The highest BCUT2D eigenvalue weighted by molar-refractivity contribution is 5.81. The molecule has 3 aliphatic rings. The summed E-state index contributed by atoms with van der Waals surface area (Å²) in [7, 11) is 0. The first-order valence-corrected chi connectivity index (χ1v) is 6.21. The van der Waals surface area contributed by atoms with Crippen molar-refractivity contribution in [3.8, 4) is 0 Å². The van der Waals surface area contributed by atoms with Crippen molar-refractivity contribution in [2.75, 3.05) is 0 Å². The monoisotopic (exact) mass is 206 g/mol. The zero-order chi connectivity index (χ0) is 11.1. The van der Waals surface area contributed by atoms with E-state index in [9.17, 15) is 4.79 Å². The molecule has 15 heavy (non-hydrogen) atoms. The molecule has 0 aromatic heterocycles. The van der Waals surface area contributed by atoms with Crippen LogP contribution in [0.1, 0.15) is 46.0 Å². The number of hydrogen-bond donors (Lipinski definition) is 0. The van der Waals surface area contributed by atoms with Gasteiger partial charge in [-0.3, -0.25) is 4.79 Å². The predicted molar refractivity (Wildman–Crippen MR) is 62.5 cm³/mol. The van der Waals surface area contributed by atoms with E-state index < -0.39 is 0 Å². The lowest BCUT2D eigenvalue weighted by atomic mass is 9.45. The molecule has 1 nitrogen and oxygen atoms in total. The normalized spacial score (nSPS) is 36.8. The van der Waals surface area contributed by atoms with E-state index in [1.807, 2.05) is 6.08 Å². The molecule has 3 fully saturated rings. The highest BCUT2D eigenvalue weighted by Crippen LogP contribution is 2.61. The molecule has 0 aliphatic heterocycles. The third kappa shape index (κ3) is 1.66. The summed E-state index contributed by atoms with van der Waals surface area (Å²) in [5, 5.41) is 0. The summed E-state index contributed by atoms with van der Waals surface area (Å²) in [5.74, 6) is 2.43. The molecule has 3 unspecified atom stereocenters. The Kier molecular flexibility index (Phi) is 2.74. The fourth-order valence-electron chi connectivity index (χ4n) is 3.63. The lowest BCUT2D eigenvalue weighted by Crippen LogP contribution is -2.54. The summed E-state index contributed by atoms with van der Waals surface area (Å²) < 4.78 is 0. The number of carbonyl (C=O) groups is 1. The smallest absolute Gasteiger partial charge is 0.136 e. The molecule has 0 radical (unpaired) electrons. The zero-order valence-electron chi connectivity index (χ0n) is 9.96. The zero-order valence-corrected chi connectivity index (χ0v) is 9.96. The summed E-state index contributed by atoms with van der Waals surface area (Å²) in [6.45, 7) is 8.38. The molecule has 0 spiro atoms. The van der Waals surface area contributed by atoms with E-state index in [0.29, 0.717) is 29.5 Å². The van der Waals surface area contributed by atoms with Crippen molar-refractivity contribution < 1.29 is 4.79 Å². The average molecular weight is 206 g/mol. The number of ketones is 1. The second-order valence-corrected chi connectivity index (χ2v) is 5.84. The Bertz CT molecular complexity index is 275. The Labute approximate surface area is 92.9 Å². The van der Waals surface area contributed by atoms with Crippen molar-refractivity contribution in [3.63, 3.8) is 0 Å². The molecule has 0 aromatic carbocycles. The van der Waals surface area contributed by atoms with Crippen LogP contribution in [-0.2, 0) is 4.79 Å². The number of fused-ring (bicyclic) bond motifs is 2. The van der Waals surface area contributed by atoms with Gasteiger partial charge in [-0.1, -0.05) is 19.9 Å². The summed E-state index contributed by atoms with van der Waals surface area (Å²) in [6, 6.07) is 0. The fourth-order valence-corrected chi connectivity index (χ4v) is 3.63. The minimum atomic E-state index is 0.366. The van der Waals surface area contributed by atoms with Crippen molar-refractivity contribution in [1.29, 1.82) is 0 Å². The summed E-state index contributed by atoms with van der Waals surface area (Å²) in [6.07, 6.45) is 7.15. The van der Waals surface area contributed by atoms with E-state index in [4.69, 9.17) is 0 Å². The molecule has 0 N–H and O–H groups in total. The number of Topliss-reactive ketones (excluding diaryl/α,β-unsaturated/α-hetero) is 1. The van der Waals surface area contributed by atoms with Crippen LogP contribution in [0.5, 0.6) is 0 Å². The SMILES string of the molecule is C=CCCC(=O)C1CCC2CC1C2(C)C. The van der Waals surface area contributed by atoms with Gasteiger partial charge in [-0.05, 0) is 42.9 Å². The molecular formula is C14H22O. The van der Waals surface area contributed by atoms with Crippen LogP contribution in [0.25, 0.3) is 0 Å². The van der Waals surface area contributed by atoms with Crippen molar-refractivity contribution in [2.24, 2.45) is 23.2 Å². The first-order valence-electron chi connectivity index (χ1n) is 6.21. The van der Waals surface area contributed by atoms with Gasteiger partial charge in [0.1, 0.15) is 5.78 Å². The topological polar surface area (TPSA) is 17.1 Å². The van der Waals surface area contributed by atoms with Crippen LogP contribution in [-0.4, -0.2) is 5.78 Å². The fraction of sp³-hybridized carbons (Fsp3) is 0.786. The third-order valence-electron chi connectivity index (χ3n) is 4.87. The van der Waals surface area contributed by atoms with Gasteiger partial charge in [0.25, 0.3) is 0 Å². The van der Waals surface area contributed by atoms with Crippen LogP contribution in [0.2, 0.25) is 0 Å². The minimum absolute atomic E-state index is 0.366. The van der Waals surface area contributed by atoms with Gasteiger partial charge in [-0.2, -0.15) is 0 Å². The lowest BCUT2D eigenvalue weighted by Gasteiger charge is -2.59. The lowest BCUT2D eigenvalue weighted by molar-refractivity contribution is -0.146. The Morgan fingerprint density at radius 2 is 2.20 bits per heavy atom. The van der Waals surface area contributed by atoms with Gasteiger partial charge in [-0.25, -0.2) is 0 Å². The average Bonchev–Trinajstić information content (AvgIpc) is 2.25. The van der Waals surface area contributed by atoms with E-state index >= 15 is 0 Å². The molecule has 0 heterocycles. The van der Waals surface area contributed by atoms with Crippen molar-refractivity contribution in [3.05, 3.63) is 12.7 Å². The highest BCUT2D eigenvalue weighted by atomic mass is 16.1. The standard InChI is InChI=1S/C14H22O/c1-4-5-6-13(15)11-8-7-10-9-12(11)14(10,2)3/h4,10-12H,1,5-9H2,2-3H3. The van der Waals surface area contributed by atoms with Crippen molar-refractivity contribution in [1.82, 2.24) is 0 Å². The van der Waals surface area contributed by atoms with Gasteiger partial charge in [-0.15, -0.1) is 6.58 Å². The molecule has 3 saturated carbocycles. The maximum absolute atomic E-state index is 12.0. The largest absolute Gasteiger partial charge is 0.299 e. The molecule has 3 atom stereocenters. The van der Waals surface area contributed by atoms with E-state index in [1.54, 1.807) is 0 Å². The first-order chi connectivity index (χ1) is 7.07. The quantitative estimate of drug-likeness (QED) is 0.642. The second-order valence-electron chi connectivity index (χ2n) is 5.84. The van der Waals surface area contributed by atoms with Gasteiger partial charge in [0, 0.05) is 12.3 Å². The number of hydrogen-bond acceptors (Lipinski definition) is 1. The Morgan fingerprint density at radius 3 is 2.73 bits per heavy atom. The van der Waals surface area contributed by atoms with E-state index in [1.165, 1.54) is 12.8 Å². The minimum Gasteiger partial charge on any atom is -0.299 e. The molecule has 1 heteroatoms. The number of carbonyl (C=O) groups excluding carboxylic acids is 1. The van der Waals surface area contributed by atoms with Gasteiger partial charge in [0.2, 0.25) is 0 Å². The first kappa shape index (κ1) is 10.9. The molecular weight excluding hydrogens is 184 g/mol. The third-order valence-corrected chi connectivity index (χ3v) is 4.87. The second kappa shape index (κ2) is 3.77. The summed E-state index contributed by atoms with van der Waals surface area (Å²) in [5.41, 5.74) is 0.437. The molecule has 84 valence electrons. The van der Waals surface area contributed by atoms with E-state index in [0.717, 1.165) is 18.8 Å². The van der Waals surface area contributed by atoms with Crippen LogP contribution >= 0.6 is 0 Å². The van der Waals surface area contributed by atoms with Crippen LogP contribution in [0, 0.1) is 23.2 Å². The van der Waals surface area contributed by atoms with E-state index in [-0.39, 0.29) is 0 Å². The molecule has 0 aromatic rings. The Hall–Kier alpha value is -0.590. The Balaban J connectivity index is 1.98. The Morgan fingerprint density at radius 1 is 1.47 bits per heavy atom. The maximum atomic E-state index is 12.0. The molecule has 0 saturated heterocycles.